The van der Waals surface area contributed by atoms with Crippen molar-refractivity contribution < 1.29 is 24.2 Å². The Hall–Kier alpha value is -1.79. The van der Waals surface area contributed by atoms with Gasteiger partial charge in [0.2, 0.25) is 0 Å². The Kier molecular flexibility index (Phi) is 5.14. The minimum atomic E-state index is -1.22. The maximum absolute atomic E-state index is 11.8. The zero-order valence-electron chi connectivity index (χ0n) is 11.2. The van der Waals surface area contributed by atoms with Gasteiger partial charge in [0.05, 0.1) is 7.11 Å². The number of urea groups is 1. The van der Waals surface area contributed by atoms with E-state index in [2.05, 4.69) is 15.4 Å². The average molecular weight is 272 g/mol. The van der Waals surface area contributed by atoms with Gasteiger partial charge in [0.1, 0.15) is 11.6 Å². The van der Waals surface area contributed by atoms with Crippen LogP contribution in [0.15, 0.2) is 0 Å². The van der Waals surface area contributed by atoms with Gasteiger partial charge in [0.25, 0.3) is 0 Å². The third-order valence-corrected chi connectivity index (χ3v) is 3.37. The van der Waals surface area contributed by atoms with Crippen LogP contribution in [0.25, 0.3) is 0 Å². The Morgan fingerprint density at radius 3 is 2.26 bits per heavy atom. The highest BCUT2D eigenvalue weighted by Gasteiger charge is 2.41. The lowest BCUT2D eigenvalue weighted by Crippen LogP contribution is -2.59. The van der Waals surface area contributed by atoms with Gasteiger partial charge in [0, 0.05) is 0 Å². The van der Waals surface area contributed by atoms with Crippen LogP contribution in [-0.4, -0.2) is 41.8 Å². The van der Waals surface area contributed by atoms with Crippen molar-refractivity contribution in [2.24, 2.45) is 0 Å². The van der Waals surface area contributed by atoms with E-state index in [9.17, 15) is 19.5 Å². The van der Waals surface area contributed by atoms with Crippen molar-refractivity contribution in [3.8, 4) is 0 Å². The number of esters is 1. The number of carboxylic acids is 1. The molecule has 0 heterocycles. The average Bonchev–Trinajstić information content (AvgIpc) is 2.38. The third kappa shape index (κ3) is 3.84. The second kappa shape index (κ2) is 6.40. The second-order valence-corrected chi connectivity index (χ2v) is 4.79. The van der Waals surface area contributed by atoms with Gasteiger partial charge < -0.3 is 20.5 Å². The van der Waals surface area contributed by atoms with E-state index in [1.54, 1.807) is 0 Å². The summed E-state index contributed by atoms with van der Waals surface area (Å²) in [5, 5.41) is 14.1. The molecule has 1 rings (SSSR count). The molecule has 1 aliphatic rings. The smallest absolute Gasteiger partial charge is 0.329 e. The lowest BCUT2D eigenvalue weighted by molar-refractivity contribution is -0.145. The molecule has 19 heavy (non-hydrogen) atoms. The van der Waals surface area contributed by atoms with Gasteiger partial charge in [0.15, 0.2) is 0 Å². The molecule has 1 unspecified atom stereocenters. The number of hydrogen-bond acceptors (Lipinski definition) is 4. The van der Waals surface area contributed by atoms with Gasteiger partial charge in [-0.15, -0.1) is 0 Å². The quantitative estimate of drug-likeness (QED) is 0.651. The molecule has 0 saturated heterocycles. The lowest BCUT2D eigenvalue weighted by Gasteiger charge is -2.34. The molecule has 0 aromatic rings. The predicted molar refractivity (Wildman–Crippen MR) is 66.6 cm³/mol. The summed E-state index contributed by atoms with van der Waals surface area (Å²) in [4.78, 5) is 34.3. The molecule has 108 valence electrons. The molecule has 3 N–H and O–H groups in total. The summed E-state index contributed by atoms with van der Waals surface area (Å²) in [5.74, 6) is -1.61. The molecule has 1 atom stereocenters. The normalized spacial score (nSPS) is 19.1. The Labute approximate surface area is 111 Å². The first-order chi connectivity index (χ1) is 8.91. The Morgan fingerprint density at radius 2 is 1.79 bits per heavy atom. The summed E-state index contributed by atoms with van der Waals surface area (Å²) in [5.41, 5.74) is -1.22. The van der Waals surface area contributed by atoms with Crippen LogP contribution in [0.1, 0.15) is 39.0 Å². The molecule has 0 aromatic carbocycles. The van der Waals surface area contributed by atoms with Crippen LogP contribution < -0.4 is 10.6 Å². The molecular formula is C12H20N2O5. The summed E-state index contributed by atoms with van der Waals surface area (Å²) < 4.78 is 4.48. The second-order valence-electron chi connectivity index (χ2n) is 4.79. The summed E-state index contributed by atoms with van der Waals surface area (Å²) >= 11 is 0. The molecular weight excluding hydrogens is 252 g/mol. The van der Waals surface area contributed by atoms with Gasteiger partial charge in [-0.2, -0.15) is 0 Å². The van der Waals surface area contributed by atoms with Crippen molar-refractivity contribution in [3.63, 3.8) is 0 Å². The number of aliphatic carboxylic acids is 1. The van der Waals surface area contributed by atoms with E-state index in [-0.39, 0.29) is 0 Å². The van der Waals surface area contributed by atoms with Crippen LogP contribution >= 0.6 is 0 Å². The lowest BCUT2D eigenvalue weighted by atomic mass is 9.82. The number of nitrogens with one attached hydrogen (secondary N) is 2. The summed E-state index contributed by atoms with van der Waals surface area (Å²) in [6, 6.07) is -1.48. The first kappa shape index (κ1) is 15.3. The number of carbonyl (C=O) groups is 3. The minimum Gasteiger partial charge on any atom is -0.480 e. The van der Waals surface area contributed by atoms with Gasteiger partial charge in [-0.05, 0) is 19.8 Å². The molecule has 0 radical (unpaired) electrons. The van der Waals surface area contributed by atoms with Crippen LogP contribution in [0, 0.1) is 0 Å². The molecule has 7 nitrogen and oxygen atoms in total. The van der Waals surface area contributed by atoms with Crippen LogP contribution in [0.5, 0.6) is 0 Å². The summed E-state index contributed by atoms with van der Waals surface area (Å²) in [6.07, 6.45) is 3.31. The summed E-state index contributed by atoms with van der Waals surface area (Å²) in [6.45, 7) is 1.47. The third-order valence-electron chi connectivity index (χ3n) is 3.37. The molecule has 0 spiro atoms. The standard InChI is InChI=1S/C12H20N2O5/c1-8(9(15)19-2)13-11(18)14-12(10(16)17)6-4-3-5-7-12/h8H,3-7H2,1-2H3,(H,16,17)(H2,13,14,18). The number of carboxylic acid groups (broad SMARTS) is 1. The number of methoxy groups -OCH3 is 1. The molecule has 2 amide bonds. The van der Waals surface area contributed by atoms with Crippen LogP contribution in [0.2, 0.25) is 0 Å². The van der Waals surface area contributed by atoms with E-state index >= 15 is 0 Å². The van der Waals surface area contributed by atoms with Crippen molar-refractivity contribution in [2.45, 2.75) is 50.6 Å². The Bertz CT molecular complexity index is 363. The van der Waals surface area contributed by atoms with Crippen LogP contribution in [0.4, 0.5) is 4.79 Å². The Balaban J connectivity index is 2.62. The monoisotopic (exact) mass is 272 g/mol. The number of amides is 2. The van der Waals surface area contributed by atoms with Crippen molar-refractivity contribution in [1.29, 1.82) is 0 Å². The Morgan fingerprint density at radius 1 is 1.21 bits per heavy atom. The summed E-state index contributed by atoms with van der Waals surface area (Å²) in [7, 11) is 1.22. The molecule has 0 bridgehead atoms. The van der Waals surface area contributed by atoms with E-state index in [1.165, 1.54) is 14.0 Å². The minimum absolute atomic E-state index is 0.405. The molecule has 0 aliphatic heterocycles. The largest absolute Gasteiger partial charge is 0.480 e. The van der Waals surface area contributed by atoms with Crippen LogP contribution in [-0.2, 0) is 14.3 Å². The van der Waals surface area contributed by atoms with Crippen molar-refractivity contribution in [3.05, 3.63) is 0 Å². The highest BCUT2D eigenvalue weighted by molar-refractivity contribution is 5.88. The van der Waals surface area contributed by atoms with Crippen molar-refractivity contribution in [2.75, 3.05) is 7.11 Å². The number of carbonyl (C=O) groups excluding carboxylic acids is 2. The maximum Gasteiger partial charge on any atom is 0.329 e. The van der Waals surface area contributed by atoms with E-state index in [0.29, 0.717) is 12.8 Å². The van der Waals surface area contributed by atoms with Crippen LogP contribution in [0.3, 0.4) is 0 Å². The molecule has 1 aliphatic carbocycles. The van der Waals surface area contributed by atoms with Gasteiger partial charge >= 0.3 is 18.0 Å². The molecule has 0 aromatic heterocycles. The fourth-order valence-corrected chi connectivity index (χ4v) is 2.23. The first-order valence-electron chi connectivity index (χ1n) is 6.31. The SMILES string of the molecule is COC(=O)C(C)NC(=O)NC1(C(=O)O)CCCCC1. The fraction of sp³-hybridized carbons (Fsp3) is 0.750. The zero-order valence-corrected chi connectivity index (χ0v) is 11.2. The fourth-order valence-electron chi connectivity index (χ4n) is 2.23. The maximum atomic E-state index is 11.8. The molecule has 1 fully saturated rings. The highest BCUT2D eigenvalue weighted by atomic mass is 16.5. The first-order valence-corrected chi connectivity index (χ1v) is 6.31. The van der Waals surface area contributed by atoms with Gasteiger partial charge in [-0.1, -0.05) is 19.3 Å². The van der Waals surface area contributed by atoms with E-state index in [1.807, 2.05) is 0 Å². The van der Waals surface area contributed by atoms with Crippen molar-refractivity contribution >= 4 is 18.0 Å². The van der Waals surface area contributed by atoms with E-state index in [0.717, 1.165) is 19.3 Å². The van der Waals surface area contributed by atoms with E-state index in [4.69, 9.17) is 0 Å². The van der Waals surface area contributed by atoms with E-state index < -0.39 is 29.6 Å². The van der Waals surface area contributed by atoms with Gasteiger partial charge in [-0.25, -0.2) is 14.4 Å². The molecule has 7 heteroatoms. The topological polar surface area (TPSA) is 105 Å². The highest BCUT2D eigenvalue weighted by Crippen LogP contribution is 2.28. The number of ether oxygens (including phenoxy) is 1. The predicted octanol–water partition coefficient (Wildman–Crippen LogP) is 0.635. The molecule has 1 saturated carbocycles. The number of rotatable bonds is 4. The zero-order chi connectivity index (χ0) is 14.5. The van der Waals surface area contributed by atoms with Gasteiger partial charge in [-0.3, -0.25) is 0 Å². The number of hydrogen-bond donors (Lipinski definition) is 3. The van der Waals surface area contributed by atoms with Crippen molar-refractivity contribution in [1.82, 2.24) is 10.6 Å².